The Hall–Kier alpha value is -2.60. The summed E-state index contributed by atoms with van der Waals surface area (Å²) < 4.78 is 10.5. The number of hydrogen-bond donors (Lipinski definition) is 2. The number of thiocarbonyl (C=S) groups is 1. The highest BCUT2D eigenvalue weighted by Crippen LogP contribution is 2.38. The molecule has 6 heteroatoms. The van der Waals surface area contributed by atoms with Crippen molar-refractivity contribution in [2.45, 2.75) is 13.0 Å². The standard InChI is InChI=1S/C18H18N2O3S/c1-10-14(17(21)23-3)16(20-18(24)19-10)15-12-7-5-4-6-11(12)8-9-13(15)22-2/h4-9,16H,1-3H3,(H2,19,20,24)/t16-/m0/s1. The van der Waals surface area contributed by atoms with Crippen molar-refractivity contribution < 1.29 is 14.3 Å². The number of rotatable bonds is 3. The smallest absolute Gasteiger partial charge is 0.337 e. The topological polar surface area (TPSA) is 59.6 Å². The van der Waals surface area contributed by atoms with Crippen LogP contribution >= 0.6 is 12.2 Å². The van der Waals surface area contributed by atoms with E-state index >= 15 is 0 Å². The van der Waals surface area contributed by atoms with Gasteiger partial charge in [-0.3, -0.25) is 0 Å². The zero-order valence-electron chi connectivity index (χ0n) is 13.7. The molecule has 2 N–H and O–H groups in total. The van der Waals surface area contributed by atoms with E-state index in [-0.39, 0.29) is 0 Å². The van der Waals surface area contributed by atoms with Gasteiger partial charge in [-0.05, 0) is 36.0 Å². The zero-order valence-corrected chi connectivity index (χ0v) is 14.5. The van der Waals surface area contributed by atoms with E-state index in [2.05, 4.69) is 10.6 Å². The first kappa shape index (κ1) is 16.3. The first-order valence-corrected chi connectivity index (χ1v) is 7.90. The largest absolute Gasteiger partial charge is 0.496 e. The van der Waals surface area contributed by atoms with Crippen molar-refractivity contribution >= 4 is 34.1 Å². The molecule has 5 nitrogen and oxygen atoms in total. The van der Waals surface area contributed by atoms with Gasteiger partial charge in [-0.2, -0.15) is 0 Å². The van der Waals surface area contributed by atoms with Crippen LogP contribution in [0.3, 0.4) is 0 Å². The fourth-order valence-electron chi connectivity index (χ4n) is 3.04. The lowest BCUT2D eigenvalue weighted by atomic mass is 9.90. The van der Waals surface area contributed by atoms with Crippen LogP contribution in [0, 0.1) is 0 Å². The summed E-state index contributed by atoms with van der Waals surface area (Å²) >= 11 is 5.29. The summed E-state index contributed by atoms with van der Waals surface area (Å²) in [6, 6.07) is 11.4. The zero-order chi connectivity index (χ0) is 17.3. The van der Waals surface area contributed by atoms with Crippen LogP contribution in [-0.4, -0.2) is 25.3 Å². The van der Waals surface area contributed by atoms with Gasteiger partial charge >= 0.3 is 5.97 Å². The molecule has 1 heterocycles. The Morgan fingerprint density at radius 1 is 1.17 bits per heavy atom. The molecule has 0 saturated carbocycles. The third kappa shape index (κ3) is 2.69. The average Bonchev–Trinajstić information content (AvgIpc) is 2.59. The van der Waals surface area contributed by atoms with Gasteiger partial charge in [0.15, 0.2) is 5.11 Å². The molecule has 0 saturated heterocycles. The predicted octanol–water partition coefficient (Wildman–Crippen LogP) is 2.81. The minimum Gasteiger partial charge on any atom is -0.496 e. The van der Waals surface area contributed by atoms with Gasteiger partial charge in [-0.1, -0.05) is 30.3 Å². The SMILES string of the molecule is COC(=O)C1=C(C)NC(=S)N[C@@H]1c1c(OC)ccc2ccccc12. The molecular formula is C18H18N2O3S. The number of fused-ring (bicyclic) bond motifs is 1. The normalized spacial score (nSPS) is 17.3. The van der Waals surface area contributed by atoms with Crippen LogP contribution in [0.4, 0.5) is 0 Å². The molecule has 0 unspecified atom stereocenters. The minimum atomic E-state index is -0.452. The maximum Gasteiger partial charge on any atom is 0.337 e. The van der Waals surface area contributed by atoms with Gasteiger partial charge in [-0.15, -0.1) is 0 Å². The molecule has 124 valence electrons. The van der Waals surface area contributed by atoms with Crippen LogP contribution in [0.2, 0.25) is 0 Å². The fraction of sp³-hybridized carbons (Fsp3) is 0.222. The van der Waals surface area contributed by atoms with E-state index in [1.807, 2.05) is 43.3 Å². The fourth-order valence-corrected chi connectivity index (χ4v) is 3.31. The lowest BCUT2D eigenvalue weighted by Gasteiger charge is -2.31. The van der Waals surface area contributed by atoms with Gasteiger partial charge in [0.25, 0.3) is 0 Å². The maximum atomic E-state index is 12.4. The molecule has 1 aliphatic rings. The maximum absolute atomic E-state index is 12.4. The summed E-state index contributed by atoms with van der Waals surface area (Å²) in [5.74, 6) is 0.278. The van der Waals surface area contributed by atoms with E-state index in [1.165, 1.54) is 7.11 Å². The van der Waals surface area contributed by atoms with Crippen LogP contribution in [-0.2, 0) is 9.53 Å². The molecule has 0 spiro atoms. The first-order valence-electron chi connectivity index (χ1n) is 7.49. The van der Waals surface area contributed by atoms with Crippen molar-refractivity contribution in [2.24, 2.45) is 0 Å². The second-order valence-electron chi connectivity index (χ2n) is 5.46. The van der Waals surface area contributed by atoms with Crippen LogP contribution in [0.5, 0.6) is 5.75 Å². The Morgan fingerprint density at radius 2 is 1.92 bits per heavy atom. The Bertz CT molecular complexity index is 860. The number of carbonyl (C=O) groups is 1. The van der Waals surface area contributed by atoms with Crippen LogP contribution in [0.15, 0.2) is 47.7 Å². The van der Waals surface area contributed by atoms with Gasteiger partial charge in [0.05, 0.1) is 25.8 Å². The molecule has 0 amide bonds. The number of allylic oxidation sites excluding steroid dienone is 1. The molecule has 0 bridgehead atoms. The second-order valence-corrected chi connectivity index (χ2v) is 5.87. The molecule has 0 aliphatic carbocycles. The van der Waals surface area contributed by atoms with Crippen LogP contribution < -0.4 is 15.4 Å². The first-order chi connectivity index (χ1) is 11.6. The number of methoxy groups -OCH3 is 2. The molecule has 1 aliphatic heterocycles. The average molecular weight is 342 g/mol. The number of benzene rings is 2. The van der Waals surface area contributed by atoms with E-state index in [0.717, 1.165) is 16.3 Å². The van der Waals surface area contributed by atoms with Gasteiger partial charge in [0.1, 0.15) is 5.75 Å². The third-order valence-electron chi connectivity index (χ3n) is 4.11. The van der Waals surface area contributed by atoms with Gasteiger partial charge in [-0.25, -0.2) is 4.79 Å². The predicted molar refractivity (Wildman–Crippen MR) is 96.8 cm³/mol. The van der Waals surface area contributed by atoms with Crippen molar-refractivity contribution in [3.63, 3.8) is 0 Å². The molecule has 0 fully saturated rings. The number of esters is 1. The molecule has 24 heavy (non-hydrogen) atoms. The Balaban J connectivity index is 2.29. The lowest BCUT2D eigenvalue weighted by Crippen LogP contribution is -2.45. The molecule has 1 atom stereocenters. The summed E-state index contributed by atoms with van der Waals surface area (Å²) in [5, 5.41) is 8.67. The molecular weight excluding hydrogens is 324 g/mol. The number of carbonyl (C=O) groups excluding carboxylic acids is 1. The quantitative estimate of drug-likeness (QED) is 0.661. The van der Waals surface area contributed by atoms with Crippen LogP contribution in [0.25, 0.3) is 10.8 Å². The Morgan fingerprint density at radius 3 is 2.62 bits per heavy atom. The lowest BCUT2D eigenvalue weighted by molar-refractivity contribution is -0.136. The van der Waals surface area contributed by atoms with Crippen molar-refractivity contribution in [3.8, 4) is 5.75 Å². The van der Waals surface area contributed by atoms with Gasteiger partial charge < -0.3 is 20.1 Å². The number of ether oxygens (including phenoxy) is 2. The molecule has 0 aromatic heterocycles. The van der Waals surface area contributed by atoms with Crippen molar-refractivity contribution in [2.75, 3.05) is 14.2 Å². The molecule has 3 rings (SSSR count). The second kappa shape index (κ2) is 6.49. The highest BCUT2D eigenvalue weighted by atomic mass is 32.1. The van der Waals surface area contributed by atoms with Gasteiger partial charge in [0, 0.05) is 11.3 Å². The third-order valence-corrected chi connectivity index (χ3v) is 4.33. The van der Waals surface area contributed by atoms with Crippen molar-refractivity contribution in [1.29, 1.82) is 0 Å². The number of nitrogens with one attached hydrogen (secondary N) is 2. The molecule has 2 aromatic rings. The van der Waals surface area contributed by atoms with E-state index in [4.69, 9.17) is 21.7 Å². The summed E-state index contributed by atoms with van der Waals surface area (Å²) in [6.07, 6.45) is 0. The van der Waals surface area contributed by atoms with Gasteiger partial charge in [0.2, 0.25) is 0 Å². The van der Waals surface area contributed by atoms with Crippen molar-refractivity contribution in [1.82, 2.24) is 10.6 Å². The van der Waals surface area contributed by atoms with E-state index in [1.54, 1.807) is 7.11 Å². The summed E-state index contributed by atoms with van der Waals surface area (Å²) in [7, 11) is 2.98. The highest BCUT2D eigenvalue weighted by Gasteiger charge is 2.33. The Labute approximate surface area is 145 Å². The highest BCUT2D eigenvalue weighted by molar-refractivity contribution is 7.80. The summed E-state index contributed by atoms with van der Waals surface area (Å²) in [6.45, 7) is 1.81. The van der Waals surface area contributed by atoms with E-state index in [0.29, 0.717) is 22.1 Å². The summed E-state index contributed by atoms with van der Waals surface area (Å²) in [5.41, 5.74) is 2.02. The van der Waals surface area contributed by atoms with E-state index < -0.39 is 12.0 Å². The van der Waals surface area contributed by atoms with Crippen molar-refractivity contribution in [3.05, 3.63) is 53.2 Å². The summed E-state index contributed by atoms with van der Waals surface area (Å²) in [4.78, 5) is 12.4. The number of hydrogen-bond acceptors (Lipinski definition) is 4. The molecule has 2 aromatic carbocycles. The minimum absolute atomic E-state index is 0.407. The molecule has 0 radical (unpaired) electrons. The van der Waals surface area contributed by atoms with E-state index in [9.17, 15) is 4.79 Å². The Kier molecular flexibility index (Phi) is 4.40. The van der Waals surface area contributed by atoms with Crippen LogP contribution in [0.1, 0.15) is 18.5 Å². The monoisotopic (exact) mass is 342 g/mol.